The lowest BCUT2D eigenvalue weighted by Gasteiger charge is -2.10. The van der Waals surface area contributed by atoms with Gasteiger partial charge in [-0.2, -0.15) is 0 Å². The summed E-state index contributed by atoms with van der Waals surface area (Å²) in [6, 6.07) is 5.34. The molecule has 0 fully saturated rings. The van der Waals surface area contributed by atoms with Gasteiger partial charge in [0.15, 0.2) is 0 Å². The average Bonchev–Trinajstić information content (AvgIpc) is 2.77. The quantitative estimate of drug-likeness (QED) is 0.613. The number of nitrogens with zero attached hydrogens (tertiary/aromatic N) is 1. The number of aromatic nitrogens is 1. The van der Waals surface area contributed by atoms with Gasteiger partial charge in [0.2, 0.25) is 0 Å². The van der Waals surface area contributed by atoms with Crippen molar-refractivity contribution in [3.05, 3.63) is 30.0 Å². The van der Waals surface area contributed by atoms with Crippen LogP contribution in [-0.4, -0.2) is 44.3 Å². The van der Waals surface area contributed by atoms with Gasteiger partial charge in [-0.3, -0.25) is 0 Å². The van der Waals surface area contributed by atoms with E-state index in [9.17, 15) is 10.2 Å². The first-order valence-electron chi connectivity index (χ1n) is 5.87. The van der Waals surface area contributed by atoms with Crippen LogP contribution in [0.3, 0.4) is 0 Å². The third-order valence-electron chi connectivity index (χ3n) is 3.02. The number of aliphatic hydroxyl groups is 3. The number of benzene rings is 1. The monoisotopic (exact) mass is 251 g/mol. The number of phenolic OH excluding ortho intramolecular Hbond substituents is 1. The lowest BCUT2D eigenvalue weighted by atomic mass is 10.0. The molecule has 0 aliphatic heterocycles. The summed E-state index contributed by atoms with van der Waals surface area (Å²) in [4.78, 5) is 0. The third-order valence-corrected chi connectivity index (χ3v) is 3.02. The molecule has 5 nitrogen and oxygen atoms in total. The molecule has 1 atom stereocenters. The maximum absolute atomic E-state index is 10.1. The van der Waals surface area contributed by atoms with Crippen molar-refractivity contribution in [1.82, 2.24) is 4.57 Å². The van der Waals surface area contributed by atoms with Gasteiger partial charge in [0.1, 0.15) is 5.75 Å². The molecule has 1 aromatic carbocycles. The second-order valence-corrected chi connectivity index (χ2v) is 4.28. The van der Waals surface area contributed by atoms with Crippen molar-refractivity contribution in [2.75, 3.05) is 13.2 Å². The zero-order chi connectivity index (χ0) is 13.1. The Labute approximate surface area is 105 Å². The van der Waals surface area contributed by atoms with E-state index >= 15 is 0 Å². The van der Waals surface area contributed by atoms with E-state index in [1.54, 1.807) is 18.3 Å². The smallest absolute Gasteiger partial charge is 0.128 e. The highest BCUT2D eigenvalue weighted by Crippen LogP contribution is 2.30. The predicted molar refractivity (Wildman–Crippen MR) is 67.5 cm³/mol. The number of aromatic hydroxyl groups is 1. The largest absolute Gasteiger partial charge is 0.507 e. The molecule has 5 heteroatoms. The van der Waals surface area contributed by atoms with Crippen LogP contribution in [0.1, 0.15) is 5.56 Å². The van der Waals surface area contributed by atoms with Crippen molar-refractivity contribution in [3.63, 3.8) is 0 Å². The van der Waals surface area contributed by atoms with Gasteiger partial charge in [-0.05, 0) is 17.7 Å². The highest BCUT2D eigenvalue weighted by Gasteiger charge is 2.12. The first-order chi connectivity index (χ1) is 8.67. The van der Waals surface area contributed by atoms with Gasteiger partial charge >= 0.3 is 0 Å². The van der Waals surface area contributed by atoms with Gasteiger partial charge < -0.3 is 25.0 Å². The van der Waals surface area contributed by atoms with Crippen LogP contribution in [0.5, 0.6) is 5.75 Å². The molecule has 0 radical (unpaired) electrons. The van der Waals surface area contributed by atoms with Crippen molar-refractivity contribution in [1.29, 1.82) is 0 Å². The highest BCUT2D eigenvalue weighted by molar-refractivity contribution is 5.87. The molecule has 4 N–H and O–H groups in total. The maximum atomic E-state index is 10.1. The Bertz CT molecular complexity index is 535. The Morgan fingerprint density at radius 3 is 2.61 bits per heavy atom. The van der Waals surface area contributed by atoms with Crippen LogP contribution in [0.25, 0.3) is 10.9 Å². The SMILES string of the molecule is OCCn1ccc2c(O)c(CC(O)CO)ccc21. The van der Waals surface area contributed by atoms with Gasteiger partial charge in [0.25, 0.3) is 0 Å². The second kappa shape index (κ2) is 5.39. The van der Waals surface area contributed by atoms with E-state index in [2.05, 4.69) is 0 Å². The Kier molecular flexibility index (Phi) is 3.86. The average molecular weight is 251 g/mol. The second-order valence-electron chi connectivity index (χ2n) is 4.28. The molecule has 2 aromatic rings. The fraction of sp³-hybridized carbons (Fsp3) is 0.385. The summed E-state index contributed by atoms with van der Waals surface area (Å²) in [5.74, 6) is 0.122. The van der Waals surface area contributed by atoms with Gasteiger partial charge in [-0.15, -0.1) is 0 Å². The summed E-state index contributed by atoms with van der Waals surface area (Å²) >= 11 is 0. The van der Waals surface area contributed by atoms with E-state index in [-0.39, 0.29) is 25.4 Å². The van der Waals surface area contributed by atoms with Crippen molar-refractivity contribution in [2.45, 2.75) is 19.1 Å². The van der Waals surface area contributed by atoms with Gasteiger partial charge in [-0.25, -0.2) is 0 Å². The van der Waals surface area contributed by atoms with Gasteiger partial charge in [-0.1, -0.05) is 6.07 Å². The fourth-order valence-electron chi connectivity index (χ4n) is 2.09. The van der Waals surface area contributed by atoms with Crippen LogP contribution in [0.2, 0.25) is 0 Å². The zero-order valence-corrected chi connectivity index (χ0v) is 9.95. The minimum Gasteiger partial charge on any atom is -0.507 e. The number of hydrogen-bond donors (Lipinski definition) is 4. The minimum absolute atomic E-state index is 0.0372. The summed E-state index contributed by atoms with van der Waals surface area (Å²) in [6.45, 7) is 0.181. The van der Waals surface area contributed by atoms with E-state index in [4.69, 9.17) is 10.2 Å². The highest BCUT2D eigenvalue weighted by atomic mass is 16.3. The molecule has 0 aliphatic rings. The lowest BCUT2D eigenvalue weighted by molar-refractivity contribution is 0.0950. The molecule has 0 saturated carbocycles. The molecular formula is C13H17NO4. The number of aliphatic hydroxyl groups excluding tert-OH is 3. The van der Waals surface area contributed by atoms with E-state index < -0.39 is 6.10 Å². The molecule has 2 rings (SSSR count). The Morgan fingerprint density at radius 2 is 1.94 bits per heavy atom. The van der Waals surface area contributed by atoms with E-state index in [0.29, 0.717) is 17.5 Å². The maximum Gasteiger partial charge on any atom is 0.128 e. The minimum atomic E-state index is -0.868. The fourth-order valence-corrected chi connectivity index (χ4v) is 2.09. The number of rotatable bonds is 5. The molecule has 98 valence electrons. The number of hydrogen-bond acceptors (Lipinski definition) is 4. The van der Waals surface area contributed by atoms with E-state index in [0.717, 1.165) is 5.52 Å². The standard InChI is InChI=1S/C13H17NO4/c15-6-5-14-4-3-11-12(14)2-1-9(13(11)18)7-10(17)8-16/h1-4,10,15-18H,5-8H2. The molecule has 0 aliphatic carbocycles. The normalized spacial score (nSPS) is 13.1. The van der Waals surface area contributed by atoms with Crippen LogP contribution in [0.4, 0.5) is 0 Å². The van der Waals surface area contributed by atoms with Crippen molar-refractivity contribution in [2.24, 2.45) is 0 Å². The molecule has 0 amide bonds. The van der Waals surface area contributed by atoms with Gasteiger partial charge in [0.05, 0.1) is 24.8 Å². The summed E-state index contributed by atoms with van der Waals surface area (Å²) in [7, 11) is 0. The number of fused-ring (bicyclic) bond motifs is 1. The Morgan fingerprint density at radius 1 is 1.17 bits per heavy atom. The molecule has 0 bridgehead atoms. The molecule has 1 aromatic heterocycles. The van der Waals surface area contributed by atoms with Crippen molar-refractivity contribution in [3.8, 4) is 5.75 Å². The van der Waals surface area contributed by atoms with Crippen LogP contribution < -0.4 is 0 Å². The van der Waals surface area contributed by atoms with Crippen LogP contribution in [0.15, 0.2) is 24.4 Å². The first kappa shape index (κ1) is 12.9. The van der Waals surface area contributed by atoms with E-state index in [1.165, 1.54) is 0 Å². The van der Waals surface area contributed by atoms with E-state index in [1.807, 2.05) is 10.6 Å². The summed E-state index contributed by atoms with van der Waals surface area (Å²) in [6.07, 6.45) is 1.14. The van der Waals surface area contributed by atoms with Crippen LogP contribution >= 0.6 is 0 Å². The third kappa shape index (κ3) is 2.33. The summed E-state index contributed by atoms with van der Waals surface area (Å²) in [5, 5.41) is 37.9. The molecule has 0 saturated heterocycles. The van der Waals surface area contributed by atoms with Crippen molar-refractivity contribution < 1.29 is 20.4 Å². The Balaban J connectivity index is 2.39. The number of phenols is 1. The van der Waals surface area contributed by atoms with Crippen molar-refractivity contribution >= 4 is 10.9 Å². The Hall–Kier alpha value is -1.56. The summed E-state index contributed by atoms with van der Waals surface area (Å²) in [5.41, 5.74) is 1.44. The molecular weight excluding hydrogens is 234 g/mol. The molecule has 1 heterocycles. The van der Waals surface area contributed by atoms with Gasteiger partial charge in [0, 0.05) is 24.5 Å². The van der Waals surface area contributed by atoms with Crippen LogP contribution in [0, 0.1) is 0 Å². The lowest BCUT2D eigenvalue weighted by Crippen LogP contribution is -2.15. The predicted octanol–water partition coefficient (Wildman–Crippen LogP) is 0.235. The molecule has 0 spiro atoms. The zero-order valence-electron chi connectivity index (χ0n) is 9.95. The topological polar surface area (TPSA) is 85.9 Å². The first-order valence-corrected chi connectivity index (χ1v) is 5.87. The van der Waals surface area contributed by atoms with Crippen LogP contribution in [-0.2, 0) is 13.0 Å². The molecule has 18 heavy (non-hydrogen) atoms. The molecule has 1 unspecified atom stereocenters. The summed E-state index contributed by atoms with van der Waals surface area (Å²) < 4.78 is 1.85.